The summed E-state index contributed by atoms with van der Waals surface area (Å²) in [5, 5.41) is 0. The third-order valence-corrected chi connectivity index (χ3v) is 6.29. The Bertz CT molecular complexity index is 1020. The maximum absolute atomic E-state index is 13.9. The highest BCUT2D eigenvalue weighted by Crippen LogP contribution is 2.45. The minimum Gasteiger partial charge on any atom is -0.444 e. The predicted octanol–water partition coefficient (Wildman–Crippen LogP) is 4.29. The lowest BCUT2D eigenvalue weighted by Gasteiger charge is -2.25. The van der Waals surface area contributed by atoms with Gasteiger partial charge < -0.3 is 9.64 Å². The van der Waals surface area contributed by atoms with Crippen molar-refractivity contribution in [1.82, 2.24) is 4.90 Å². The van der Waals surface area contributed by atoms with E-state index in [4.69, 9.17) is 4.74 Å². The van der Waals surface area contributed by atoms with Gasteiger partial charge in [0.25, 0.3) is 0 Å². The third-order valence-electron chi connectivity index (χ3n) is 4.48. The molecule has 0 fully saturated rings. The van der Waals surface area contributed by atoms with Gasteiger partial charge in [-0.3, -0.25) is 4.31 Å². The minimum atomic E-state index is -3.94. The molecule has 2 aromatic carbocycles. The summed E-state index contributed by atoms with van der Waals surface area (Å²) in [7, 11) is -2.34. The molecule has 1 aliphatic heterocycles. The Balaban J connectivity index is 1.80. The minimum absolute atomic E-state index is 0.136. The molecular weight excluding hydrogens is 409 g/mol. The van der Waals surface area contributed by atoms with Crippen LogP contribution in [-0.2, 0) is 14.9 Å². The van der Waals surface area contributed by atoms with Crippen molar-refractivity contribution in [3.8, 4) is 0 Å². The Labute approximate surface area is 176 Å². The zero-order chi connectivity index (χ0) is 22.1. The number of para-hydroxylation sites is 1. The van der Waals surface area contributed by atoms with E-state index >= 15 is 0 Å². The van der Waals surface area contributed by atoms with E-state index in [9.17, 15) is 17.6 Å². The largest absolute Gasteiger partial charge is 0.444 e. The van der Waals surface area contributed by atoms with Gasteiger partial charge >= 0.3 is 16.3 Å². The summed E-state index contributed by atoms with van der Waals surface area (Å²) in [4.78, 5) is 13.5. The van der Waals surface area contributed by atoms with Gasteiger partial charge in [0.2, 0.25) is 0 Å². The molecule has 0 spiro atoms. The normalized spacial score (nSPS) is 15.1. The number of carbonyl (C=O) groups is 1. The number of benzene rings is 2. The van der Waals surface area contributed by atoms with Crippen molar-refractivity contribution in [2.75, 3.05) is 28.7 Å². The lowest BCUT2D eigenvalue weighted by atomic mass is 10.2. The van der Waals surface area contributed by atoms with Crippen molar-refractivity contribution in [3.63, 3.8) is 0 Å². The zero-order valence-corrected chi connectivity index (χ0v) is 18.3. The van der Waals surface area contributed by atoms with Gasteiger partial charge in [-0.15, -0.1) is 0 Å². The molecule has 9 heteroatoms. The van der Waals surface area contributed by atoms with Crippen molar-refractivity contribution in [3.05, 3.63) is 54.3 Å². The quantitative estimate of drug-likeness (QED) is 0.703. The first-order valence-corrected chi connectivity index (χ1v) is 11.0. The highest BCUT2D eigenvalue weighted by atomic mass is 32.2. The van der Waals surface area contributed by atoms with Gasteiger partial charge in [-0.2, -0.15) is 8.42 Å². The standard InChI is InChI=1S/C21H26FN3O4S/c1-21(2,3)29-20(26)23(4)13-8-14-24-18-12-11-16(22)15-19(18)25(30(24,27)28)17-9-6-5-7-10-17/h5-7,9-12,15H,8,13-14H2,1-4H3. The Morgan fingerprint density at radius 3 is 2.40 bits per heavy atom. The van der Waals surface area contributed by atoms with Crippen LogP contribution in [0.25, 0.3) is 0 Å². The molecule has 1 aliphatic rings. The molecule has 162 valence electrons. The average molecular weight is 436 g/mol. The van der Waals surface area contributed by atoms with Gasteiger partial charge in [0.05, 0.1) is 17.1 Å². The van der Waals surface area contributed by atoms with Crippen LogP contribution in [0.15, 0.2) is 48.5 Å². The monoisotopic (exact) mass is 435 g/mol. The van der Waals surface area contributed by atoms with Crippen LogP contribution < -0.4 is 8.61 Å². The molecule has 0 bridgehead atoms. The molecular formula is C21H26FN3O4S. The number of hydrogen-bond acceptors (Lipinski definition) is 4. The Hall–Kier alpha value is -2.81. The number of rotatable bonds is 5. The number of ether oxygens (including phenoxy) is 1. The van der Waals surface area contributed by atoms with Crippen molar-refractivity contribution >= 4 is 33.4 Å². The van der Waals surface area contributed by atoms with Crippen LogP contribution in [0.5, 0.6) is 0 Å². The smallest absolute Gasteiger partial charge is 0.410 e. The second-order valence-electron chi connectivity index (χ2n) is 8.07. The van der Waals surface area contributed by atoms with Crippen LogP contribution in [-0.4, -0.2) is 45.1 Å². The fourth-order valence-electron chi connectivity index (χ4n) is 3.17. The predicted molar refractivity (Wildman–Crippen MR) is 115 cm³/mol. The molecule has 3 rings (SSSR count). The molecule has 7 nitrogen and oxygen atoms in total. The van der Waals surface area contributed by atoms with Crippen LogP contribution in [0.2, 0.25) is 0 Å². The van der Waals surface area contributed by atoms with Crippen LogP contribution in [0.3, 0.4) is 0 Å². The van der Waals surface area contributed by atoms with Gasteiger partial charge in [0.1, 0.15) is 11.4 Å². The summed E-state index contributed by atoms with van der Waals surface area (Å²) in [6, 6.07) is 12.5. The first-order chi connectivity index (χ1) is 14.0. The van der Waals surface area contributed by atoms with E-state index in [-0.39, 0.29) is 12.2 Å². The second-order valence-corrected chi connectivity index (χ2v) is 9.77. The second kappa shape index (κ2) is 8.14. The van der Waals surface area contributed by atoms with E-state index in [2.05, 4.69) is 0 Å². The lowest BCUT2D eigenvalue weighted by Crippen LogP contribution is -2.38. The van der Waals surface area contributed by atoms with Gasteiger partial charge in [0.15, 0.2) is 0 Å². The maximum Gasteiger partial charge on any atom is 0.410 e. The van der Waals surface area contributed by atoms with E-state index in [1.54, 1.807) is 58.2 Å². The van der Waals surface area contributed by atoms with E-state index in [1.165, 1.54) is 27.4 Å². The van der Waals surface area contributed by atoms with Gasteiger partial charge in [-0.25, -0.2) is 13.5 Å². The number of amides is 1. The molecule has 0 atom stereocenters. The zero-order valence-electron chi connectivity index (χ0n) is 17.5. The number of fused-ring (bicyclic) bond motifs is 1. The summed E-state index contributed by atoms with van der Waals surface area (Å²) in [5.41, 5.74) is 0.489. The Morgan fingerprint density at radius 1 is 1.10 bits per heavy atom. The van der Waals surface area contributed by atoms with Crippen molar-refractivity contribution in [1.29, 1.82) is 0 Å². The maximum atomic E-state index is 13.9. The molecule has 0 aliphatic carbocycles. The highest BCUT2D eigenvalue weighted by Gasteiger charge is 2.41. The van der Waals surface area contributed by atoms with Crippen LogP contribution >= 0.6 is 0 Å². The van der Waals surface area contributed by atoms with Gasteiger partial charge in [-0.1, -0.05) is 18.2 Å². The van der Waals surface area contributed by atoms with Crippen molar-refractivity contribution in [2.24, 2.45) is 0 Å². The SMILES string of the molecule is CN(CCCN1c2ccc(F)cc2N(c2ccccc2)S1(=O)=O)C(=O)OC(C)(C)C. The Morgan fingerprint density at radius 2 is 1.77 bits per heavy atom. The van der Waals surface area contributed by atoms with Gasteiger partial charge in [0, 0.05) is 26.2 Å². The topological polar surface area (TPSA) is 70.2 Å². The van der Waals surface area contributed by atoms with Crippen LogP contribution in [0.4, 0.5) is 26.2 Å². The number of carbonyl (C=O) groups excluding carboxylic acids is 1. The van der Waals surface area contributed by atoms with Gasteiger partial charge in [-0.05, 0) is 51.5 Å². The molecule has 0 saturated carbocycles. The summed E-state index contributed by atoms with van der Waals surface area (Å²) in [6.07, 6.45) is -0.0887. The molecule has 1 amide bonds. The highest BCUT2D eigenvalue weighted by molar-refractivity contribution is 7.95. The van der Waals surface area contributed by atoms with E-state index in [0.717, 1.165) is 4.31 Å². The molecule has 0 aromatic heterocycles. The first-order valence-electron chi connectivity index (χ1n) is 9.62. The van der Waals surface area contributed by atoms with Crippen molar-refractivity contribution < 1.29 is 22.3 Å². The van der Waals surface area contributed by atoms with E-state index < -0.39 is 27.7 Å². The first kappa shape index (κ1) is 21.9. The molecule has 30 heavy (non-hydrogen) atoms. The lowest BCUT2D eigenvalue weighted by molar-refractivity contribution is 0.0298. The molecule has 0 radical (unpaired) electrons. The fourth-order valence-corrected chi connectivity index (χ4v) is 4.91. The number of anilines is 3. The molecule has 1 heterocycles. The summed E-state index contributed by atoms with van der Waals surface area (Å²) < 4.78 is 48.2. The third kappa shape index (κ3) is 4.51. The van der Waals surface area contributed by atoms with Crippen LogP contribution in [0, 0.1) is 5.82 Å². The summed E-state index contributed by atoms with van der Waals surface area (Å²) in [6.45, 7) is 5.79. The van der Waals surface area contributed by atoms with Crippen molar-refractivity contribution in [2.45, 2.75) is 32.8 Å². The molecule has 0 unspecified atom stereocenters. The summed E-state index contributed by atoms with van der Waals surface area (Å²) in [5.74, 6) is -0.517. The number of hydrogen-bond donors (Lipinski definition) is 0. The fraction of sp³-hybridized carbons (Fsp3) is 0.381. The molecule has 0 saturated heterocycles. The number of halogens is 1. The molecule has 2 aromatic rings. The molecule has 0 N–H and O–H groups in total. The average Bonchev–Trinajstić information content (AvgIpc) is 2.86. The van der Waals surface area contributed by atoms with Crippen LogP contribution in [0.1, 0.15) is 27.2 Å². The van der Waals surface area contributed by atoms with E-state index in [1.807, 2.05) is 0 Å². The summed E-state index contributed by atoms with van der Waals surface area (Å²) >= 11 is 0. The number of nitrogens with zero attached hydrogens (tertiary/aromatic N) is 3. The van der Waals surface area contributed by atoms with E-state index in [0.29, 0.717) is 24.3 Å². The Kier molecular flexibility index (Phi) is 5.94.